The van der Waals surface area contributed by atoms with Gasteiger partial charge in [0.15, 0.2) is 23.2 Å². The first-order chi connectivity index (χ1) is 36.9. The number of allylic oxidation sites excluding steroid dienone is 4. The van der Waals surface area contributed by atoms with Crippen LogP contribution in [0.15, 0.2) is 107 Å². The lowest BCUT2D eigenvalue weighted by Gasteiger charge is -2.29. The molecule has 2 aromatic heterocycles. The highest BCUT2D eigenvalue weighted by Gasteiger charge is 2.39. The molecule has 22 nitrogen and oxygen atoms in total. The molecule has 0 unspecified atom stereocenters. The van der Waals surface area contributed by atoms with E-state index in [1.165, 1.54) is 102 Å². The number of nitrogens with one attached hydrogen (secondary N) is 4. The van der Waals surface area contributed by atoms with Crippen molar-refractivity contribution in [2.24, 2.45) is 11.8 Å². The second-order valence-corrected chi connectivity index (χ2v) is 21.8. The molecule has 24 heteroatoms. The average molecular weight is 1100 g/mol. The van der Waals surface area contributed by atoms with Crippen molar-refractivity contribution >= 4 is 76.9 Å². The number of ketones is 2. The Balaban J connectivity index is 1.17. The molecule has 0 saturated heterocycles. The highest BCUT2D eigenvalue weighted by Crippen LogP contribution is 2.54. The molecular weight excluding hydrogens is 1050 g/mol. The standard InChI is InChI=1S/C54H54N8O14S2/c1-25(2)41-33-19-27(5)43(49(65)45(33)35(47(63)51(41)67)23-55-29-11-15-31(16-12-29)77(69,70)61-37-21-39(73-7)59-53(57-37)75-9)44-28(6)20-34-42(26(3)4)52(68)48(64)36(46(34)50(44)66)24-56-30-13-17-32(18-14-30)78(71,72)62-38-22-40(74-8)60-54(58-38)76-10/h11-26,55-56,65-68H,1-10H3,(H,57,59,61)(H,58,60,62). The van der Waals surface area contributed by atoms with E-state index in [1.54, 1.807) is 53.7 Å². The van der Waals surface area contributed by atoms with E-state index in [-0.39, 0.29) is 89.8 Å². The van der Waals surface area contributed by atoms with Gasteiger partial charge in [-0.2, -0.15) is 19.9 Å². The average Bonchev–Trinajstić information content (AvgIpc) is 3.41. The number of phenols is 2. The van der Waals surface area contributed by atoms with Gasteiger partial charge in [0.25, 0.3) is 20.0 Å². The summed E-state index contributed by atoms with van der Waals surface area (Å²) in [5, 5.41) is 54.2. The Hall–Kier alpha value is -9.16. The molecule has 8 rings (SSSR count). The minimum absolute atomic E-state index is 0.0105. The molecule has 4 aromatic carbocycles. The molecule has 2 aliphatic carbocycles. The third kappa shape index (κ3) is 10.4. The fraction of sp³-hybridized carbons (Fsp3) is 0.222. The van der Waals surface area contributed by atoms with Gasteiger partial charge in [0.05, 0.1) is 49.4 Å². The van der Waals surface area contributed by atoms with Crippen molar-refractivity contribution in [1.29, 1.82) is 0 Å². The van der Waals surface area contributed by atoms with Gasteiger partial charge in [-0.15, -0.1) is 0 Å². The van der Waals surface area contributed by atoms with Crippen LogP contribution < -0.4 is 39.0 Å². The number of anilines is 4. The van der Waals surface area contributed by atoms with E-state index >= 15 is 0 Å². The lowest BCUT2D eigenvalue weighted by molar-refractivity contribution is -0.113. The Bertz CT molecular complexity index is 3520. The van der Waals surface area contributed by atoms with Crippen LogP contribution in [0.2, 0.25) is 0 Å². The third-order valence-electron chi connectivity index (χ3n) is 12.7. The van der Waals surface area contributed by atoms with E-state index in [9.17, 15) is 46.9 Å². The van der Waals surface area contributed by atoms with E-state index in [4.69, 9.17) is 18.9 Å². The maximum Gasteiger partial charge on any atom is 0.321 e. The van der Waals surface area contributed by atoms with Crippen LogP contribution in [0.5, 0.6) is 35.3 Å². The fourth-order valence-corrected chi connectivity index (χ4v) is 11.1. The minimum Gasteiger partial charge on any atom is -0.507 e. The van der Waals surface area contributed by atoms with Gasteiger partial charge < -0.3 is 50.0 Å². The van der Waals surface area contributed by atoms with E-state index in [1.807, 2.05) is 0 Å². The predicted octanol–water partition coefficient (Wildman–Crippen LogP) is 8.52. The summed E-state index contributed by atoms with van der Waals surface area (Å²) in [6.45, 7) is 10.5. The number of aliphatic hydroxyl groups is 2. The number of aromatic nitrogens is 4. The number of phenolic OH excluding ortho intramolecular Hbond substituents is 2. The number of methoxy groups -OCH3 is 4. The maximum absolute atomic E-state index is 14.3. The molecule has 8 N–H and O–H groups in total. The Kier molecular flexibility index (Phi) is 15.2. The monoisotopic (exact) mass is 1100 g/mol. The summed E-state index contributed by atoms with van der Waals surface area (Å²) in [6.07, 6.45) is 2.54. The van der Waals surface area contributed by atoms with Gasteiger partial charge in [-0.05, 0) is 96.5 Å². The van der Waals surface area contributed by atoms with Crippen LogP contribution in [0.1, 0.15) is 61.1 Å². The van der Waals surface area contributed by atoms with E-state index in [0.717, 1.165) is 0 Å². The number of sulfonamides is 2. The van der Waals surface area contributed by atoms with Crippen LogP contribution in [0.25, 0.3) is 33.4 Å². The van der Waals surface area contributed by atoms with Crippen molar-refractivity contribution in [2.45, 2.75) is 51.3 Å². The molecule has 0 radical (unpaired) electrons. The van der Waals surface area contributed by atoms with Crippen LogP contribution in [0.4, 0.5) is 23.0 Å². The molecule has 406 valence electrons. The number of nitrogens with zero attached hydrogens (tertiary/aromatic N) is 4. The summed E-state index contributed by atoms with van der Waals surface area (Å²) < 4.78 is 78.6. The summed E-state index contributed by atoms with van der Waals surface area (Å²) in [7, 11) is -3.08. The van der Waals surface area contributed by atoms with Crippen LogP contribution >= 0.6 is 0 Å². The molecule has 78 heavy (non-hydrogen) atoms. The number of hydrogen-bond donors (Lipinski definition) is 8. The second-order valence-electron chi connectivity index (χ2n) is 18.4. The molecule has 0 bridgehead atoms. The number of rotatable bonds is 17. The normalized spacial score (nSPS) is 14.7. The highest BCUT2D eigenvalue weighted by molar-refractivity contribution is 7.93. The lowest BCUT2D eigenvalue weighted by Crippen LogP contribution is -2.20. The number of aromatic hydroxyl groups is 2. The van der Waals surface area contributed by atoms with Crippen LogP contribution in [-0.2, 0) is 29.6 Å². The molecule has 0 spiro atoms. The van der Waals surface area contributed by atoms with Gasteiger partial charge in [0.2, 0.25) is 23.3 Å². The zero-order valence-electron chi connectivity index (χ0n) is 43.7. The molecule has 0 amide bonds. The number of benzene rings is 4. The molecule has 2 heterocycles. The van der Waals surface area contributed by atoms with Crippen LogP contribution in [0, 0.1) is 25.7 Å². The first kappa shape index (κ1) is 55.1. The Labute approximate surface area is 449 Å². The summed E-state index contributed by atoms with van der Waals surface area (Å²) in [6, 6.07) is 16.6. The Morgan fingerprint density at radius 1 is 0.500 bits per heavy atom. The van der Waals surface area contributed by atoms with Gasteiger partial charge in [0.1, 0.15) is 11.5 Å². The van der Waals surface area contributed by atoms with Crippen LogP contribution in [0.3, 0.4) is 0 Å². The number of aryl methyl sites for hydroxylation is 2. The number of hydrogen-bond acceptors (Lipinski definition) is 20. The Morgan fingerprint density at radius 3 is 1.15 bits per heavy atom. The van der Waals surface area contributed by atoms with Crippen LogP contribution in [-0.4, -0.2) is 97.2 Å². The van der Waals surface area contributed by atoms with E-state index < -0.39 is 66.5 Å². The minimum atomic E-state index is -4.20. The molecule has 6 aromatic rings. The van der Waals surface area contributed by atoms with Crippen molar-refractivity contribution in [3.05, 3.63) is 130 Å². The smallest absolute Gasteiger partial charge is 0.321 e. The summed E-state index contributed by atoms with van der Waals surface area (Å²) in [5.74, 6) is -4.65. The number of carbonyl (C=O) groups is 2. The van der Waals surface area contributed by atoms with Crippen molar-refractivity contribution in [2.75, 3.05) is 48.5 Å². The zero-order valence-corrected chi connectivity index (χ0v) is 45.3. The largest absolute Gasteiger partial charge is 0.507 e. The Morgan fingerprint density at radius 2 is 0.846 bits per heavy atom. The lowest BCUT2D eigenvalue weighted by atomic mass is 9.75. The van der Waals surface area contributed by atoms with Crippen molar-refractivity contribution in [3.63, 3.8) is 0 Å². The van der Waals surface area contributed by atoms with Gasteiger partial charge in [-0.25, -0.2) is 16.8 Å². The first-order valence-corrected chi connectivity index (χ1v) is 26.7. The number of Topliss-reactive ketones (excluding diaryl/α,β-unsaturated/α-hetero) is 2. The topological polar surface area (TPSA) is 320 Å². The number of aliphatic hydroxyl groups excluding tert-OH is 2. The van der Waals surface area contributed by atoms with Crippen molar-refractivity contribution in [1.82, 2.24) is 19.9 Å². The molecule has 0 atom stereocenters. The van der Waals surface area contributed by atoms with E-state index in [0.29, 0.717) is 33.6 Å². The summed E-state index contributed by atoms with van der Waals surface area (Å²) in [4.78, 5) is 44.2. The van der Waals surface area contributed by atoms with Gasteiger partial charge in [-0.3, -0.25) is 19.0 Å². The number of carbonyl (C=O) groups excluding carboxylic acids is 2. The van der Waals surface area contributed by atoms with Gasteiger partial charge >= 0.3 is 12.0 Å². The molecule has 0 fully saturated rings. The molecule has 2 aliphatic rings. The number of ether oxygens (including phenoxy) is 4. The van der Waals surface area contributed by atoms with Crippen molar-refractivity contribution in [3.8, 4) is 46.4 Å². The fourth-order valence-electron chi connectivity index (χ4n) is 9.10. The first-order valence-electron chi connectivity index (χ1n) is 23.8. The number of fused-ring (bicyclic) bond motifs is 2. The molecule has 0 aliphatic heterocycles. The third-order valence-corrected chi connectivity index (χ3v) is 15.4. The molecule has 0 saturated carbocycles. The SMILES string of the molecule is COc1cc(NS(=O)(=O)c2ccc(NC=C3C(=O)C(O)=C(C(C)C)c4cc(C)c(-c5c(C)cc6c(c5O)C(=CNc5ccc(S(=O)(=O)Nc7cc(OC)nc(OC)n7)cc5)C(=O)C(O)=C6C(C)C)c(O)c43)cc2)nc(OC)n1. The zero-order chi connectivity index (χ0) is 56.7. The maximum atomic E-state index is 14.3. The van der Waals surface area contributed by atoms with Gasteiger partial charge in [0, 0.05) is 69.3 Å². The van der Waals surface area contributed by atoms with Crippen molar-refractivity contribution < 1.29 is 65.8 Å². The van der Waals surface area contributed by atoms with E-state index in [2.05, 4.69) is 40.0 Å². The quantitative estimate of drug-likeness (QED) is 0.0397. The second kappa shape index (κ2) is 21.5. The summed E-state index contributed by atoms with van der Waals surface area (Å²) >= 11 is 0. The predicted molar refractivity (Wildman–Crippen MR) is 291 cm³/mol. The molecular formula is C54H54N8O14S2. The summed E-state index contributed by atoms with van der Waals surface area (Å²) in [5.41, 5.74) is 2.45. The van der Waals surface area contributed by atoms with Gasteiger partial charge in [-0.1, -0.05) is 39.8 Å². The highest BCUT2D eigenvalue weighted by atomic mass is 32.2.